The Morgan fingerprint density at radius 2 is 1.70 bits per heavy atom. The normalized spacial score (nSPS) is 11.6. The monoisotopic (exact) mass is 405 g/mol. The summed E-state index contributed by atoms with van der Waals surface area (Å²) >= 11 is 0. The summed E-state index contributed by atoms with van der Waals surface area (Å²) in [6, 6.07) is 13.8. The van der Waals surface area contributed by atoms with Gasteiger partial charge in [0, 0.05) is 20.0 Å². The fraction of sp³-hybridized carbons (Fsp3) is 0.273. The number of hydrogen-bond acceptors (Lipinski definition) is 5. The molecule has 0 amide bonds. The molecule has 0 aliphatic heterocycles. The first-order valence-corrected chi connectivity index (χ1v) is 9.76. The van der Waals surface area contributed by atoms with Crippen molar-refractivity contribution in [1.29, 1.82) is 0 Å². The molecule has 4 rings (SSSR count). The van der Waals surface area contributed by atoms with E-state index in [-0.39, 0.29) is 29.2 Å². The highest BCUT2D eigenvalue weighted by Crippen LogP contribution is 2.20. The van der Waals surface area contributed by atoms with Crippen LogP contribution in [0.2, 0.25) is 0 Å². The highest BCUT2D eigenvalue weighted by Gasteiger charge is 2.20. The summed E-state index contributed by atoms with van der Waals surface area (Å²) in [5.74, 6) is 6.46. The summed E-state index contributed by atoms with van der Waals surface area (Å²) in [4.78, 5) is 42.9. The molecule has 0 unspecified atom stereocenters. The fourth-order valence-corrected chi connectivity index (χ4v) is 3.75. The average Bonchev–Trinajstić information content (AvgIpc) is 2.73. The van der Waals surface area contributed by atoms with E-state index >= 15 is 0 Å². The van der Waals surface area contributed by atoms with Crippen molar-refractivity contribution in [1.82, 2.24) is 18.8 Å². The Morgan fingerprint density at radius 1 is 1.00 bits per heavy atom. The Hall–Kier alpha value is -3.68. The summed E-state index contributed by atoms with van der Waals surface area (Å²) in [7, 11) is 1.35. The summed E-state index contributed by atoms with van der Waals surface area (Å²) in [6.07, 6.45) is 0.286. The third kappa shape index (κ3) is 3.10. The second-order valence-corrected chi connectivity index (χ2v) is 7.87. The quantitative estimate of drug-likeness (QED) is 0.516. The summed E-state index contributed by atoms with van der Waals surface area (Å²) in [6.45, 7) is 4.23. The molecular formula is C22H23N5O3. The molecule has 0 aliphatic carbocycles. The Balaban J connectivity index is 2.01. The number of benzene rings is 2. The van der Waals surface area contributed by atoms with Gasteiger partial charge in [0.15, 0.2) is 11.0 Å². The van der Waals surface area contributed by atoms with Crippen molar-refractivity contribution in [3.05, 3.63) is 85.0 Å². The number of nitrogen functional groups attached to an aromatic ring is 1. The standard InChI is InChI=1S/C22H23N5O3/c1-13(2)12-26-19-18(20(28)25(3)22(26)30)21(29)27(23)17(24-19)11-15-9-6-8-14-7-4-5-10-16(14)15/h4-10,13H,11-12,23H2,1-3H3. The van der Waals surface area contributed by atoms with E-state index < -0.39 is 16.8 Å². The highest BCUT2D eigenvalue weighted by molar-refractivity contribution is 5.86. The van der Waals surface area contributed by atoms with E-state index in [0.717, 1.165) is 25.6 Å². The predicted molar refractivity (Wildman–Crippen MR) is 117 cm³/mol. The lowest BCUT2D eigenvalue weighted by atomic mass is 10.0. The van der Waals surface area contributed by atoms with Crippen LogP contribution in [0.3, 0.4) is 0 Å². The van der Waals surface area contributed by atoms with Crippen LogP contribution in [-0.2, 0) is 20.0 Å². The van der Waals surface area contributed by atoms with Gasteiger partial charge in [-0.1, -0.05) is 56.3 Å². The molecule has 8 heteroatoms. The average molecular weight is 405 g/mol. The second-order valence-electron chi connectivity index (χ2n) is 7.87. The minimum Gasteiger partial charge on any atom is -0.335 e. The van der Waals surface area contributed by atoms with E-state index in [1.807, 2.05) is 56.3 Å². The van der Waals surface area contributed by atoms with E-state index in [2.05, 4.69) is 4.98 Å². The molecule has 2 aromatic carbocycles. The molecule has 0 saturated heterocycles. The number of nitrogens with two attached hydrogens (primary N) is 1. The van der Waals surface area contributed by atoms with Gasteiger partial charge >= 0.3 is 5.69 Å². The van der Waals surface area contributed by atoms with Crippen LogP contribution in [0.25, 0.3) is 21.8 Å². The second kappa shape index (κ2) is 7.29. The lowest BCUT2D eigenvalue weighted by Crippen LogP contribution is -2.44. The van der Waals surface area contributed by atoms with Gasteiger partial charge in [0.2, 0.25) is 0 Å². The molecule has 8 nitrogen and oxygen atoms in total. The molecule has 0 aliphatic rings. The molecule has 0 radical (unpaired) electrons. The lowest BCUT2D eigenvalue weighted by Gasteiger charge is -2.16. The van der Waals surface area contributed by atoms with Crippen LogP contribution in [0.4, 0.5) is 0 Å². The van der Waals surface area contributed by atoms with Crippen molar-refractivity contribution < 1.29 is 0 Å². The highest BCUT2D eigenvalue weighted by atomic mass is 16.2. The molecule has 0 saturated carbocycles. The Morgan fingerprint density at radius 3 is 2.43 bits per heavy atom. The van der Waals surface area contributed by atoms with Crippen molar-refractivity contribution in [2.24, 2.45) is 13.0 Å². The summed E-state index contributed by atoms with van der Waals surface area (Å²) < 4.78 is 3.23. The van der Waals surface area contributed by atoms with Crippen molar-refractivity contribution >= 4 is 21.8 Å². The molecule has 0 fully saturated rings. The molecule has 2 aromatic heterocycles. The number of aromatic nitrogens is 4. The van der Waals surface area contributed by atoms with Crippen LogP contribution in [0.5, 0.6) is 0 Å². The van der Waals surface area contributed by atoms with E-state index in [9.17, 15) is 14.4 Å². The van der Waals surface area contributed by atoms with Crippen LogP contribution in [-0.4, -0.2) is 18.8 Å². The maximum atomic E-state index is 13.0. The molecule has 4 aromatic rings. The Bertz CT molecular complexity index is 1460. The molecular weight excluding hydrogens is 382 g/mol. The first-order chi connectivity index (χ1) is 14.3. The minimum absolute atomic E-state index is 0.0822. The minimum atomic E-state index is -0.691. The summed E-state index contributed by atoms with van der Waals surface area (Å²) in [5, 5.41) is 1.91. The van der Waals surface area contributed by atoms with Crippen molar-refractivity contribution in [2.75, 3.05) is 5.84 Å². The molecule has 2 heterocycles. The van der Waals surface area contributed by atoms with Crippen molar-refractivity contribution in [2.45, 2.75) is 26.8 Å². The molecule has 0 atom stereocenters. The van der Waals surface area contributed by atoms with Crippen LogP contribution < -0.4 is 22.7 Å². The van der Waals surface area contributed by atoms with Gasteiger partial charge in [0.05, 0.1) is 0 Å². The lowest BCUT2D eigenvalue weighted by molar-refractivity contribution is 0.498. The zero-order valence-corrected chi connectivity index (χ0v) is 17.1. The smallest absolute Gasteiger partial charge is 0.332 e. The van der Waals surface area contributed by atoms with Crippen LogP contribution in [0.1, 0.15) is 25.2 Å². The SMILES string of the molecule is CC(C)Cn1c(=O)n(C)c(=O)c2c(=O)n(N)c(Cc3cccc4ccccc34)nc21. The van der Waals surface area contributed by atoms with E-state index in [4.69, 9.17) is 5.84 Å². The van der Waals surface area contributed by atoms with Crippen molar-refractivity contribution in [3.8, 4) is 0 Å². The largest absolute Gasteiger partial charge is 0.335 e. The first kappa shape index (κ1) is 19.6. The van der Waals surface area contributed by atoms with E-state index in [1.54, 1.807) is 0 Å². The third-order valence-corrected chi connectivity index (χ3v) is 5.24. The number of hydrogen-bond donors (Lipinski definition) is 1. The molecule has 0 spiro atoms. The van der Waals surface area contributed by atoms with Gasteiger partial charge < -0.3 is 5.84 Å². The molecule has 2 N–H and O–H groups in total. The van der Waals surface area contributed by atoms with Gasteiger partial charge in [-0.3, -0.25) is 18.7 Å². The topological polar surface area (TPSA) is 105 Å². The van der Waals surface area contributed by atoms with Gasteiger partial charge in [-0.15, -0.1) is 0 Å². The zero-order chi connectivity index (χ0) is 21.6. The van der Waals surface area contributed by atoms with Gasteiger partial charge in [0.1, 0.15) is 5.82 Å². The summed E-state index contributed by atoms with van der Waals surface area (Å²) in [5.41, 5.74) is -0.824. The Labute approximate surface area is 171 Å². The van der Waals surface area contributed by atoms with Crippen LogP contribution in [0.15, 0.2) is 56.8 Å². The third-order valence-electron chi connectivity index (χ3n) is 5.24. The van der Waals surface area contributed by atoms with Crippen molar-refractivity contribution in [3.63, 3.8) is 0 Å². The number of rotatable bonds is 4. The molecule has 0 bridgehead atoms. The number of nitrogens with zero attached hydrogens (tertiary/aromatic N) is 4. The number of fused-ring (bicyclic) bond motifs is 2. The van der Waals surface area contributed by atoms with Crippen LogP contribution in [0, 0.1) is 5.92 Å². The van der Waals surface area contributed by atoms with E-state index in [1.165, 1.54) is 11.6 Å². The van der Waals surface area contributed by atoms with Gasteiger partial charge in [-0.2, -0.15) is 0 Å². The first-order valence-electron chi connectivity index (χ1n) is 9.76. The fourth-order valence-electron chi connectivity index (χ4n) is 3.75. The molecule has 154 valence electrons. The molecule has 30 heavy (non-hydrogen) atoms. The maximum Gasteiger partial charge on any atom is 0.332 e. The zero-order valence-electron chi connectivity index (χ0n) is 17.1. The predicted octanol–water partition coefficient (Wildman–Crippen LogP) is 1.37. The maximum absolute atomic E-state index is 13.0. The Kier molecular flexibility index (Phi) is 4.77. The van der Waals surface area contributed by atoms with Crippen LogP contribution >= 0.6 is 0 Å². The van der Waals surface area contributed by atoms with Gasteiger partial charge in [-0.05, 0) is 22.3 Å². The van der Waals surface area contributed by atoms with Gasteiger partial charge in [-0.25, -0.2) is 14.5 Å². The van der Waals surface area contributed by atoms with E-state index in [0.29, 0.717) is 6.54 Å². The van der Waals surface area contributed by atoms with Gasteiger partial charge in [0.25, 0.3) is 11.1 Å².